The van der Waals surface area contributed by atoms with E-state index < -0.39 is 0 Å². The van der Waals surface area contributed by atoms with E-state index in [9.17, 15) is 4.79 Å². The van der Waals surface area contributed by atoms with Gasteiger partial charge in [-0.05, 0) is 38.8 Å². The predicted octanol–water partition coefficient (Wildman–Crippen LogP) is 3.36. The van der Waals surface area contributed by atoms with Crippen molar-refractivity contribution in [1.29, 1.82) is 0 Å². The van der Waals surface area contributed by atoms with E-state index in [2.05, 4.69) is 13.0 Å². The van der Waals surface area contributed by atoms with Gasteiger partial charge in [-0.1, -0.05) is 13.3 Å². The van der Waals surface area contributed by atoms with Crippen molar-refractivity contribution in [3.05, 3.63) is 23.5 Å². The quantitative estimate of drug-likeness (QED) is 0.544. The van der Waals surface area contributed by atoms with Crippen molar-refractivity contribution >= 4 is 5.97 Å². The number of unbranched alkanes of at least 4 members (excludes halogenated alkanes) is 2. The van der Waals surface area contributed by atoms with Crippen molar-refractivity contribution in [2.75, 3.05) is 6.61 Å². The molecular weight excluding hydrogens is 216 g/mol. The maximum atomic E-state index is 11.6. The third-order valence-corrected chi connectivity index (χ3v) is 2.60. The van der Waals surface area contributed by atoms with Gasteiger partial charge in [-0.2, -0.15) is 0 Å². The van der Waals surface area contributed by atoms with E-state index in [1.165, 1.54) is 0 Å². The Hall–Kier alpha value is -1.25. The van der Waals surface area contributed by atoms with Crippen LogP contribution in [0.15, 0.2) is 23.5 Å². The van der Waals surface area contributed by atoms with Crippen LogP contribution in [0.1, 0.15) is 46.5 Å². The summed E-state index contributed by atoms with van der Waals surface area (Å²) in [4.78, 5) is 11.6. The van der Waals surface area contributed by atoms with Crippen LogP contribution in [0, 0.1) is 0 Å². The minimum absolute atomic E-state index is 0.0484. The van der Waals surface area contributed by atoms with Crippen LogP contribution in [-0.4, -0.2) is 18.7 Å². The first kappa shape index (κ1) is 13.8. The molecule has 96 valence electrons. The third kappa shape index (κ3) is 4.63. The first-order valence-corrected chi connectivity index (χ1v) is 6.41. The smallest absolute Gasteiger partial charge is 0.334 e. The van der Waals surface area contributed by atoms with E-state index in [0.717, 1.165) is 25.0 Å². The number of carbonyl (C=O) groups is 1. The molecule has 3 heteroatoms. The molecule has 0 saturated heterocycles. The average molecular weight is 238 g/mol. The molecule has 1 unspecified atom stereocenters. The van der Waals surface area contributed by atoms with E-state index in [1.807, 2.05) is 19.9 Å². The summed E-state index contributed by atoms with van der Waals surface area (Å²) in [5, 5.41) is 0. The van der Waals surface area contributed by atoms with Gasteiger partial charge in [-0.3, -0.25) is 0 Å². The normalized spacial score (nSPS) is 21.9. The molecule has 0 aliphatic carbocycles. The highest BCUT2D eigenvalue weighted by Gasteiger charge is 2.21. The average Bonchev–Trinajstić information content (AvgIpc) is 2.29. The van der Waals surface area contributed by atoms with E-state index in [1.54, 1.807) is 0 Å². The lowest BCUT2D eigenvalue weighted by Crippen LogP contribution is -2.19. The molecule has 0 fully saturated rings. The second kappa shape index (κ2) is 7.15. The van der Waals surface area contributed by atoms with Crippen molar-refractivity contribution in [3.8, 4) is 0 Å². The molecule has 0 aromatic heterocycles. The van der Waals surface area contributed by atoms with Gasteiger partial charge in [0.15, 0.2) is 0 Å². The Morgan fingerprint density at radius 1 is 1.59 bits per heavy atom. The monoisotopic (exact) mass is 238 g/mol. The number of hydrogen-bond donors (Lipinski definition) is 0. The van der Waals surface area contributed by atoms with Crippen molar-refractivity contribution in [2.45, 2.75) is 52.6 Å². The van der Waals surface area contributed by atoms with E-state index in [-0.39, 0.29) is 12.1 Å². The molecule has 1 atom stereocenters. The lowest BCUT2D eigenvalue weighted by atomic mass is 10.0. The molecule has 0 saturated carbocycles. The first-order valence-electron chi connectivity index (χ1n) is 6.41. The fourth-order valence-corrected chi connectivity index (χ4v) is 1.77. The van der Waals surface area contributed by atoms with Crippen LogP contribution < -0.4 is 0 Å². The second-order valence-corrected chi connectivity index (χ2v) is 4.27. The minimum atomic E-state index is -0.218. The molecule has 3 nitrogen and oxygen atoms in total. The largest absolute Gasteiger partial charge is 0.491 e. The summed E-state index contributed by atoms with van der Waals surface area (Å²) < 4.78 is 10.7. The van der Waals surface area contributed by atoms with E-state index in [0.29, 0.717) is 18.6 Å². The fourth-order valence-electron chi connectivity index (χ4n) is 1.77. The van der Waals surface area contributed by atoms with Crippen LogP contribution in [0.2, 0.25) is 0 Å². The van der Waals surface area contributed by atoms with Gasteiger partial charge in [0.2, 0.25) is 0 Å². The molecule has 0 amide bonds. The van der Waals surface area contributed by atoms with Gasteiger partial charge >= 0.3 is 5.97 Å². The van der Waals surface area contributed by atoms with Crippen molar-refractivity contribution in [2.24, 2.45) is 0 Å². The van der Waals surface area contributed by atoms with Crippen molar-refractivity contribution < 1.29 is 14.3 Å². The number of allylic oxidation sites excluding steroid dienone is 2. The Bertz CT molecular complexity index is 315. The number of esters is 1. The molecule has 0 spiro atoms. The zero-order chi connectivity index (χ0) is 12.7. The topological polar surface area (TPSA) is 35.5 Å². The second-order valence-electron chi connectivity index (χ2n) is 4.27. The highest BCUT2D eigenvalue weighted by molar-refractivity contribution is 5.89. The van der Waals surface area contributed by atoms with Crippen LogP contribution in [-0.2, 0) is 14.3 Å². The van der Waals surface area contributed by atoms with Crippen LogP contribution in [0.5, 0.6) is 0 Å². The molecule has 1 aliphatic heterocycles. The number of ether oxygens (including phenoxy) is 2. The van der Waals surface area contributed by atoms with Crippen LogP contribution in [0.4, 0.5) is 0 Å². The van der Waals surface area contributed by atoms with Gasteiger partial charge < -0.3 is 9.47 Å². The predicted molar refractivity (Wildman–Crippen MR) is 67.5 cm³/mol. The molecule has 0 aromatic rings. The summed E-state index contributed by atoms with van der Waals surface area (Å²) in [6, 6.07) is 0. The minimum Gasteiger partial charge on any atom is -0.491 e. The SMILES string of the molecule is CCCCC=C1C=C(C(=O)OCC)CC(C)O1. The molecule has 1 heterocycles. The summed E-state index contributed by atoms with van der Waals surface area (Å²) in [6.45, 7) is 6.36. The highest BCUT2D eigenvalue weighted by atomic mass is 16.5. The van der Waals surface area contributed by atoms with Gasteiger partial charge in [0.25, 0.3) is 0 Å². The Labute approximate surface area is 103 Å². The van der Waals surface area contributed by atoms with E-state index in [4.69, 9.17) is 9.47 Å². The van der Waals surface area contributed by atoms with Crippen LogP contribution in [0.25, 0.3) is 0 Å². The Morgan fingerprint density at radius 2 is 2.35 bits per heavy atom. The summed E-state index contributed by atoms with van der Waals surface area (Å²) in [5.74, 6) is 0.587. The Balaban J connectivity index is 2.69. The van der Waals surface area contributed by atoms with Crippen molar-refractivity contribution in [3.63, 3.8) is 0 Å². The van der Waals surface area contributed by atoms with Gasteiger partial charge in [-0.15, -0.1) is 0 Å². The molecule has 1 aliphatic rings. The summed E-state index contributed by atoms with van der Waals surface area (Å²) in [5.41, 5.74) is 0.716. The van der Waals surface area contributed by atoms with Gasteiger partial charge in [0.05, 0.1) is 6.61 Å². The Kier molecular flexibility index (Phi) is 5.81. The molecule has 0 N–H and O–H groups in total. The van der Waals surface area contributed by atoms with Crippen LogP contribution in [0.3, 0.4) is 0 Å². The standard InChI is InChI=1S/C14H22O3/c1-4-6-7-8-13-10-12(9-11(3)17-13)14(15)16-5-2/h8,10-11H,4-7,9H2,1-3H3. The van der Waals surface area contributed by atoms with E-state index >= 15 is 0 Å². The number of hydrogen-bond acceptors (Lipinski definition) is 3. The van der Waals surface area contributed by atoms with Gasteiger partial charge in [0.1, 0.15) is 11.9 Å². The molecule has 0 radical (unpaired) electrons. The zero-order valence-corrected chi connectivity index (χ0v) is 11.0. The first-order chi connectivity index (χ1) is 8.17. The molecular formula is C14H22O3. The lowest BCUT2D eigenvalue weighted by Gasteiger charge is -2.22. The molecule has 0 bridgehead atoms. The van der Waals surface area contributed by atoms with Crippen molar-refractivity contribution in [1.82, 2.24) is 0 Å². The third-order valence-electron chi connectivity index (χ3n) is 2.60. The summed E-state index contributed by atoms with van der Waals surface area (Å²) in [7, 11) is 0. The fraction of sp³-hybridized carbons (Fsp3) is 0.643. The Morgan fingerprint density at radius 3 is 3.00 bits per heavy atom. The van der Waals surface area contributed by atoms with Crippen LogP contribution >= 0.6 is 0 Å². The highest BCUT2D eigenvalue weighted by Crippen LogP contribution is 2.23. The summed E-state index contributed by atoms with van der Waals surface area (Å²) >= 11 is 0. The van der Waals surface area contributed by atoms with Gasteiger partial charge in [0, 0.05) is 12.0 Å². The maximum absolute atomic E-state index is 11.6. The number of rotatable bonds is 5. The maximum Gasteiger partial charge on any atom is 0.334 e. The molecule has 1 rings (SSSR count). The molecule has 17 heavy (non-hydrogen) atoms. The number of carbonyl (C=O) groups excluding carboxylic acids is 1. The summed E-state index contributed by atoms with van der Waals surface area (Å²) in [6.07, 6.45) is 7.84. The van der Waals surface area contributed by atoms with Gasteiger partial charge in [-0.25, -0.2) is 4.79 Å². The zero-order valence-electron chi connectivity index (χ0n) is 11.0. The lowest BCUT2D eigenvalue weighted by molar-refractivity contribution is -0.139. The molecule has 0 aromatic carbocycles.